The molecule has 0 aromatic carbocycles. The van der Waals surface area contributed by atoms with Crippen molar-refractivity contribution in [3.63, 3.8) is 0 Å². The molecule has 0 aliphatic carbocycles. The molecule has 0 aromatic heterocycles. The van der Waals surface area contributed by atoms with Crippen LogP contribution in [-0.4, -0.2) is 18.5 Å². The molecule has 2 heterocycles. The van der Waals surface area contributed by atoms with E-state index in [1.54, 1.807) is 0 Å². The van der Waals surface area contributed by atoms with Gasteiger partial charge in [0.15, 0.2) is 0 Å². The smallest absolute Gasteiger partial charge is 0.235 e. The maximum Gasteiger partial charge on any atom is 0.235 e. The molecule has 0 amide bonds. The number of rotatable bonds is 1. The van der Waals surface area contributed by atoms with E-state index in [9.17, 15) is 0 Å². The molecule has 2 aliphatic heterocycles. The van der Waals surface area contributed by atoms with Crippen LogP contribution >= 0.6 is 0 Å². The van der Waals surface area contributed by atoms with Crippen LogP contribution in [0, 0.1) is 5.41 Å². The Morgan fingerprint density at radius 1 is 1.00 bits per heavy atom. The van der Waals surface area contributed by atoms with Crippen LogP contribution in [0.4, 0.5) is 0 Å². The molecule has 0 saturated carbocycles. The molecule has 2 nitrogen and oxygen atoms in total. The third kappa shape index (κ3) is 1.93. The summed E-state index contributed by atoms with van der Waals surface area (Å²) in [7, 11) is 0.699. The Morgan fingerprint density at radius 2 is 1.56 bits per heavy atom. The van der Waals surface area contributed by atoms with E-state index in [0.717, 1.165) is 0 Å². The third-order valence-electron chi connectivity index (χ3n) is 4.83. The van der Waals surface area contributed by atoms with Gasteiger partial charge in [-0.25, -0.2) is 0 Å². The lowest BCUT2D eigenvalue weighted by Gasteiger charge is -2.53. The van der Waals surface area contributed by atoms with Crippen molar-refractivity contribution in [2.24, 2.45) is 11.1 Å². The van der Waals surface area contributed by atoms with Gasteiger partial charge in [0.1, 0.15) is 0 Å². The number of hydrogen-bond donors (Lipinski definition) is 1. The van der Waals surface area contributed by atoms with Gasteiger partial charge < -0.3 is 10.4 Å². The SMILES string of the molecule is CC(C)(C)C12CCCCC(BN)(CCC1)O2. The molecule has 2 saturated heterocycles. The van der Waals surface area contributed by atoms with Crippen LogP contribution in [0.3, 0.4) is 0 Å². The van der Waals surface area contributed by atoms with E-state index in [2.05, 4.69) is 20.8 Å². The fraction of sp³-hybridized carbons (Fsp3) is 1.00. The van der Waals surface area contributed by atoms with Crippen molar-refractivity contribution in [1.29, 1.82) is 0 Å². The Morgan fingerprint density at radius 3 is 2.19 bits per heavy atom. The van der Waals surface area contributed by atoms with Crippen LogP contribution in [0.2, 0.25) is 0 Å². The third-order valence-corrected chi connectivity index (χ3v) is 4.83. The second-order valence-electron chi connectivity index (χ2n) is 6.79. The van der Waals surface area contributed by atoms with Crippen molar-refractivity contribution in [3.05, 3.63) is 0 Å². The van der Waals surface area contributed by atoms with E-state index in [-0.39, 0.29) is 16.5 Å². The van der Waals surface area contributed by atoms with Crippen LogP contribution in [-0.2, 0) is 4.74 Å². The average molecular weight is 223 g/mol. The van der Waals surface area contributed by atoms with Crippen LogP contribution < -0.4 is 5.64 Å². The molecule has 92 valence electrons. The fourth-order valence-corrected chi connectivity index (χ4v) is 3.57. The van der Waals surface area contributed by atoms with E-state index in [4.69, 9.17) is 10.4 Å². The van der Waals surface area contributed by atoms with E-state index in [0.29, 0.717) is 7.41 Å². The van der Waals surface area contributed by atoms with Crippen molar-refractivity contribution < 1.29 is 4.74 Å². The Labute approximate surface area is 101 Å². The van der Waals surface area contributed by atoms with Gasteiger partial charge in [-0.05, 0) is 37.5 Å². The normalized spacial score (nSPS) is 40.2. The summed E-state index contributed by atoms with van der Waals surface area (Å²) < 4.78 is 6.61. The van der Waals surface area contributed by atoms with Crippen LogP contribution in [0.1, 0.15) is 65.7 Å². The summed E-state index contributed by atoms with van der Waals surface area (Å²) in [5.74, 6) is 0. The topological polar surface area (TPSA) is 35.2 Å². The first-order chi connectivity index (χ1) is 7.43. The van der Waals surface area contributed by atoms with Gasteiger partial charge in [-0.3, -0.25) is 0 Å². The first-order valence-corrected chi connectivity index (χ1v) is 6.83. The molecule has 2 bridgehead atoms. The van der Waals surface area contributed by atoms with E-state index < -0.39 is 0 Å². The Bertz CT molecular complexity index is 263. The Hall–Kier alpha value is -0.0151. The monoisotopic (exact) mass is 223 g/mol. The van der Waals surface area contributed by atoms with Crippen LogP contribution in [0.15, 0.2) is 0 Å². The molecular weight excluding hydrogens is 197 g/mol. The summed E-state index contributed by atoms with van der Waals surface area (Å²) in [4.78, 5) is 0. The van der Waals surface area contributed by atoms with Gasteiger partial charge in [-0.15, -0.1) is 0 Å². The molecule has 2 atom stereocenters. The average Bonchev–Trinajstić information content (AvgIpc) is 2.36. The molecule has 16 heavy (non-hydrogen) atoms. The highest BCUT2D eigenvalue weighted by Crippen LogP contribution is 2.51. The van der Waals surface area contributed by atoms with Gasteiger partial charge in [-0.2, -0.15) is 0 Å². The molecule has 0 radical (unpaired) electrons. The first-order valence-electron chi connectivity index (χ1n) is 6.83. The van der Waals surface area contributed by atoms with Crippen molar-refractivity contribution in [2.45, 2.75) is 76.8 Å². The molecule has 2 rings (SSSR count). The van der Waals surface area contributed by atoms with Crippen molar-refractivity contribution in [2.75, 3.05) is 0 Å². The largest absolute Gasteiger partial charge is 0.375 e. The summed E-state index contributed by atoms with van der Waals surface area (Å²) in [6.45, 7) is 6.97. The van der Waals surface area contributed by atoms with Gasteiger partial charge in [-0.1, -0.05) is 33.6 Å². The van der Waals surface area contributed by atoms with Crippen LogP contribution in [0.25, 0.3) is 0 Å². The Kier molecular flexibility index (Phi) is 3.13. The Balaban J connectivity index is 2.31. The standard InChI is InChI=1S/C13H26BNO/c1-11(2,3)12-7-4-5-9-13(14-15,16-12)10-6-8-12/h14H,4-10,15H2,1-3H3. The molecule has 2 fully saturated rings. The molecule has 0 spiro atoms. The van der Waals surface area contributed by atoms with Crippen LogP contribution in [0.5, 0.6) is 0 Å². The quantitative estimate of drug-likeness (QED) is 0.693. The van der Waals surface area contributed by atoms with Crippen molar-refractivity contribution in [3.8, 4) is 0 Å². The zero-order chi connectivity index (χ0) is 11.9. The minimum absolute atomic E-state index is 0.00201. The molecule has 2 unspecified atom stereocenters. The predicted molar refractivity (Wildman–Crippen MR) is 69.7 cm³/mol. The van der Waals surface area contributed by atoms with Crippen molar-refractivity contribution in [1.82, 2.24) is 0 Å². The molecule has 0 aromatic rings. The highest BCUT2D eigenvalue weighted by Gasteiger charge is 2.52. The molecule has 2 N–H and O–H groups in total. The maximum atomic E-state index is 6.61. The van der Waals surface area contributed by atoms with Gasteiger partial charge >= 0.3 is 0 Å². The first kappa shape index (κ1) is 12.4. The summed E-state index contributed by atoms with van der Waals surface area (Å²) in [5.41, 5.74) is 6.31. The number of ether oxygens (including phenoxy) is 1. The minimum Gasteiger partial charge on any atom is -0.375 e. The zero-order valence-corrected chi connectivity index (χ0v) is 11.1. The predicted octanol–water partition coefficient (Wildman–Crippen LogP) is 2.55. The molecule has 3 heteroatoms. The summed E-state index contributed by atoms with van der Waals surface area (Å²) in [6, 6.07) is 0. The summed E-state index contributed by atoms with van der Waals surface area (Å²) in [6.07, 6.45) is 8.65. The molecular formula is C13H26BNO. The van der Waals surface area contributed by atoms with Gasteiger partial charge in [0.2, 0.25) is 7.41 Å². The van der Waals surface area contributed by atoms with E-state index in [1.807, 2.05) is 0 Å². The fourth-order valence-electron chi connectivity index (χ4n) is 3.57. The summed E-state index contributed by atoms with van der Waals surface area (Å²) >= 11 is 0. The van der Waals surface area contributed by atoms with Crippen molar-refractivity contribution >= 4 is 7.41 Å². The number of hydrogen-bond acceptors (Lipinski definition) is 2. The number of nitrogens with two attached hydrogens (primary N) is 1. The lowest BCUT2D eigenvalue weighted by atomic mass is 9.62. The van der Waals surface area contributed by atoms with Gasteiger partial charge in [0, 0.05) is 0 Å². The summed E-state index contributed by atoms with van der Waals surface area (Å²) in [5, 5.41) is 0. The minimum atomic E-state index is 0.00201. The lowest BCUT2D eigenvalue weighted by Crippen LogP contribution is -2.57. The highest BCUT2D eigenvalue weighted by molar-refractivity contribution is 6.35. The maximum absolute atomic E-state index is 6.61. The second-order valence-corrected chi connectivity index (χ2v) is 6.79. The molecule has 2 aliphatic rings. The second kappa shape index (κ2) is 4.02. The highest BCUT2D eigenvalue weighted by atomic mass is 16.5. The lowest BCUT2D eigenvalue weighted by molar-refractivity contribution is -0.198. The zero-order valence-electron chi connectivity index (χ0n) is 11.1. The number of fused-ring (bicyclic) bond motifs is 2. The van der Waals surface area contributed by atoms with E-state index in [1.165, 1.54) is 44.9 Å². The van der Waals surface area contributed by atoms with E-state index >= 15 is 0 Å². The van der Waals surface area contributed by atoms with Gasteiger partial charge in [0.05, 0.1) is 11.1 Å². The van der Waals surface area contributed by atoms with Gasteiger partial charge in [0.25, 0.3) is 0 Å².